The molecule has 0 heterocycles. The van der Waals surface area contributed by atoms with E-state index in [4.69, 9.17) is 5.21 Å². The normalized spacial score (nSPS) is 43.6. The summed E-state index contributed by atoms with van der Waals surface area (Å²) in [6.07, 6.45) is 3.28. The van der Waals surface area contributed by atoms with E-state index in [9.17, 15) is 0 Å². The van der Waals surface area contributed by atoms with Crippen LogP contribution in [0.25, 0.3) is 0 Å². The molecule has 2 unspecified atom stereocenters. The van der Waals surface area contributed by atoms with Gasteiger partial charge >= 0.3 is 0 Å². The molecule has 0 aromatic carbocycles. The van der Waals surface area contributed by atoms with Crippen molar-refractivity contribution in [2.45, 2.75) is 33.1 Å². The topological polar surface area (TPSA) is 32.6 Å². The summed E-state index contributed by atoms with van der Waals surface area (Å²) in [5.41, 5.74) is 1.55. The SMILES string of the molecule is CC1(C)C2CCC(=NO)CC21. The van der Waals surface area contributed by atoms with E-state index in [0.29, 0.717) is 5.41 Å². The molecule has 2 aliphatic rings. The molecule has 2 nitrogen and oxygen atoms in total. The van der Waals surface area contributed by atoms with Crippen molar-refractivity contribution in [3.63, 3.8) is 0 Å². The molecule has 0 bridgehead atoms. The maximum atomic E-state index is 8.59. The van der Waals surface area contributed by atoms with Gasteiger partial charge in [-0.05, 0) is 36.5 Å². The number of nitrogens with zero attached hydrogens (tertiary/aromatic N) is 1. The van der Waals surface area contributed by atoms with Crippen LogP contribution < -0.4 is 0 Å². The second-order valence-electron chi connectivity index (χ2n) is 4.44. The molecule has 2 fully saturated rings. The fraction of sp³-hybridized carbons (Fsp3) is 0.889. The van der Waals surface area contributed by atoms with Crippen LogP contribution in [0.1, 0.15) is 33.1 Å². The molecule has 0 saturated heterocycles. The van der Waals surface area contributed by atoms with Gasteiger partial charge < -0.3 is 5.21 Å². The smallest absolute Gasteiger partial charge is 0.0574 e. The van der Waals surface area contributed by atoms with Crippen molar-refractivity contribution in [2.75, 3.05) is 0 Å². The molecule has 0 amide bonds. The highest BCUT2D eigenvalue weighted by molar-refractivity contribution is 5.85. The first kappa shape index (κ1) is 7.14. The third-order valence-corrected chi connectivity index (χ3v) is 3.63. The van der Waals surface area contributed by atoms with Gasteiger partial charge in [-0.25, -0.2) is 0 Å². The van der Waals surface area contributed by atoms with Gasteiger partial charge in [0.05, 0.1) is 5.71 Å². The first-order valence-corrected chi connectivity index (χ1v) is 4.36. The summed E-state index contributed by atoms with van der Waals surface area (Å²) in [6, 6.07) is 0. The molecule has 62 valence electrons. The van der Waals surface area contributed by atoms with Crippen molar-refractivity contribution < 1.29 is 5.21 Å². The molecule has 2 rings (SSSR count). The second kappa shape index (κ2) is 1.99. The zero-order valence-electron chi connectivity index (χ0n) is 7.17. The van der Waals surface area contributed by atoms with Crippen LogP contribution in [-0.2, 0) is 0 Å². The maximum Gasteiger partial charge on any atom is 0.0574 e. The van der Waals surface area contributed by atoms with Gasteiger partial charge in [-0.15, -0.1) is 0 Å². The lowest BCUT2D eigenvalue weighted by Crippen LogP contribution is -2.06. The average Bonchev–Trinajstić information content (AvgIpc) is 2.55. The van der Waals surface area contributed by atoms with Crippen molar-refractivity contribution in [1.29, 1.82) is 0 Å². The van der Waals surface area contributed by atoms with Crippen LogP contribution in [0.3, 0.4) is 0 Å². The summed E-state index contributed by atoms with van der Waals surface area (Å²) in [6.45, 7) is 4.64. The Bertz CT molecular complexity index is 208. The Labute approximate surface area is 67.3 Å². The molecule has 0 radical (unpaired) electrons. The number of rotatable bonds is 0. The number of hydrogen-bond acceptors (Lipinski definition) is 2. The Morgan fingerprint density at radius 2 is 2.18 bits per heavy atom. The van der Waals surface area contributed by atoms with Gasteiger partial charge in [0.2, 0.25) is 0 Å². The molecule has 0 aliphatic heterocycles. The minimum atomic E-state index is 0.534. The molecule has 1 N–H and O–H groups in total. The Balaban J connectivity index is 2.08. The highest BCUT2D eigenvalue weighted by Gasteiger charge is 2.58. The summed E-state index contributed by atoms with van der Waals surface area (Å²) in [7, 11) is 0. The summed E-state index contributed by atoms with van der Waals surface area (Å²) >= 11 is 0. The average molecular weight is 153 g/mol. The van der Waals surface area contributed by atoms with Gasteiger partial charge in [-0.2, -0.15) is 0 Å². The molecule has 2 saturated carbocycles. The van der Waals surface area contributed by atoms with Crippen LogP contribution >= 0.6 is 0 Å². The zero-order valence-corrected chi connectivity index (χ0v) is 7.17. The number of fused-ring (bicyclic) bond motifs is 1. The van der Waals surface area contributed by atoms with Crippen molar-refractivity contribution in [2.24, 2.45) is 22.4 Å². The third-order valence-electron chi connectivity index (χ3n) is 3.63. The second-order valence-corrected chi connectivity index (χ2v) is 4.44. The Morgan fingerprint density at radius 3 is 2.73 bits per heavy atom. The molecule has 0 spiro atoms. The van der Waals surface area contributed by atoms with Crippen molar-refractivity contribution in [1.82, 2.24) is 0 Å². The Hall–Kier alpha value is -0.530. The van der Waals surface area contributed by atoms with Crippen LogP contribution in [0.5, 0.6) is 0 Å². The summed E-state index contributed by atoms with van der Waals surface area (Å²) in [4.78, 5) is 0. The van der Waals surface area contributed by atoms with Gasteiger partial charge in [0.15, 0.2) is 0 Å². The third kappa shape index (κ3) is 0.883. The molecule has 11 heavy (non-hydrogen) atoms. The van der Waals surface area contributed by atoms with E-state index in [1.54, 1.807) is 0 Å². The van der Waals surface area contributed by atoms with Crippen LogP contribution in [0.15, 0.2) is 5.16 Å². The van der Waals surface area contributed by atoms with Crippen molar-refractivity contribution in [3.8, 4) is 0 Å². The van der Waals surface area contributed by atoms with Crippen LogP contribution in [-0.4, -0.2) is 10.9 Å². The standard InChI is InChI=1S/C9H15NO/c1-9(2)7-4-3-6(10-11)5-8(7)9/h7-8,11H,3-5H2,1-2H3. The highest BCUT2D eigenvalue weighted by atomic mass is 16.4. The number of hydrogen-bond donors (Lipinski definition) is 1. The predicted molar refractivity (Wildman–Crippen MR) is 43.8 cm³/mol. The maximum absolute atomic E-state index is 8.59. The molecule has 0 aromatic heterocycles. The molecule has 2 aliphatic carbocycles. The van der Waals surface area contributed by atoms with Gasteiger partial charge in [-0.3, -0.25) is 0 Å². The molecule has 2 heteroatoms. The van der Waals surface area contributed by atoms with E-state index in [2.05, 4.69) is 19.0 Å². The fourth-order valence-corrected chi connectivity index (χ4v) is 2.60. The first-order chi connectivity index (χ1) is 5.16. The van der Waals surface area contributed by atoms with Gasteiger partial charge in [0.1, 0.15) is 0 Å². The largest absolute Gasteiger partial charge is 0.411 e. The summed E-state index contributed by atoms with van der Waals surface area (Å²) in [5, 5.41) is 11.9. The lowest BCUT2D eigenvalue weighted by molar-refractivity contribution is 0.314. The lowest BCUT2D eigenvalue weighted by Gasteiger charge is -2.08. The minimum Gasteiger partial charge on any atom is -0.411 e. The molecule has 0 aromatic rings. The van der Waals surface area contributed by atoms with E-state index >= 15 is 0 Å². The predicted octanol–water partition coefficient (Wildman–Crippen LogP) is 2.27. The van der Waals surface area contributed by atoms with Crippen LogP contribution in [0, 0.1) is 17.3 Å². The highest BCUT2D eigenvalue weighted by Crippen LogP contribution is 2.64. The lowest BCUT2D eigenvalue weighted by atomic mass is 9.99. The van der Waals surface area contributed by atoms with E-state index < -0.39 is 0 Å². The molecular weight excluding hydrogens is 138 g/mol. The van der Waals surface area contributed by atoms with E-state index in [1.165, 1.54) is 6.42 Å². The van der Waals surface area contributed by atoms with Gasteiger partial charge in [0.25, 0.3) is 0 Å². The number of oxime groups is 1. The first-order valence-electron chi connectivity index (χ1n) is 4.36. The summed E-state index contributed by atoms with van der Waals surface area (Å²) < 4.78 is 0. The van der Waals surface area contributed by atoms with Crippen molar-refractivity contribution in [3.05, 3.63) is 0 Å². The molecule has 2 atom stereocenters. The Kier molecular flexibility index (Phi) is 1.29. The summed E-state index contributed by atoms with van der Waals surface area (Å²) in [5.74, 6) is 1.72. The van der Waals surface area contributed by atoms with E-state index in [0.717, 1.165) is 30.4 Å². The minimum absolute atomic E-state index is 0.534. The van der Waals surface area contributed by atoms with Gasteiger partial charge in [0, 0.05) is 0 Å². The van der Waals surface area contributed by atoms with Crippen LogP contribution in [0.2, 0.25) is 0 Å². The fourth-order valence-electron chi connectivity index (χ4n) is 2.60. The molecular formula is C9H15NO. The monoisotopic (exact) mass is 153 g/mol. The Morgan fingerprint density at radius 1 is 1.45 bits per heavy atom. The van der Waals surface area contributed by atoms with Crippen LogP contribution in [0.4, 0.5) is 0 Å². The zero-order chi connectivity index (χ0) is 8.06. The van der Waals surface area contributed by atoms with Crippen molar-refractivity contribution >= 4 is 5.71 Å². The van der Waals surface area contributed by atoms with E-state index in [1.807, 2.05) is 0 Å². The quantitative estimate of drug-likeness (QED) is 0.420. The van der Waals surface area contributed by atoms with Gasteiger partial charge in [-0.1, -0.05) is 19.0 Å². The van der Waals surface area contributed by atoms with E-state index in [-0.39, 0.29) is 0 Å².